The van der Waals surface area contributed by atoms with Crippen LogP contribution in [0.15, 0.2) is 60.2 Å². The fraction of sp³-hybridized carbons (Fsp3) is 0.174. The lowest BCUT2D eigenvalue weighted by Gasteiger charge is -2.10. The van der Waals surface area contributed by atoms with Crippen LogP contribution in [0.1, 0.15) is 35.7 Å². The molecule has 0 bridgehead atoms. The molecule has 0 fully saturated rings. The highest BCUT2D eigenvalue weighted by Crippen LogP contribution is 2.37. The van der Waals surface area contributed by atoms with E-state index in [1.54, 1.807) is 29.8 Å². The molecule has 4 aromatic rings. The van der Waals surface area contributed by atoms with Crippen molar-refractivity contribution in [2.45, 2.75) is 19.8 Å². The molecule has 4 rings (SSSR count). The first-order valence-corrected chi connectivity index (χ1v) is 10.2. The van der Waals surface area contributed by atoms with Gasteiger partial charge in [0.1, 0.15) is 17.0 Å². The summed E-state index contributed by atoms with van der Waals surface area (Å²) in [5.74, 6) is 0.882. The minimum Gasteiger partial charge on any atom is -0.465 e. The number of nitrogens with one attached hydrogen (secondary N) is 1. The zero-order valence-electron chi connectivity index (χ0n) is 16.9. The number of esters is 1. The summed E-state index contributed by atoms with van der Waals surface area (Å²) >= 11 is 1.60. The number of nitrogens with zero attached hydrogens (tertiary/aromatic N) is 2. The lowest BCUT2D eigenvalue weighted by molar-refractivity contribution is 0.0601. The smallest absolute Gasteiger partial charge is 0.337 e. The number of halogens is 1. The van der Waals surface area contributed by atoms with E-state index in [1.807, 2.05) is 12.1 Å². The van der Waals surface area contributed by atoms with Crippen molar-refractivity contribution in [1.82, 2.24) is 9.97 Å². The van der Waals surface area contributed by atoms with Gasteiger partial charge in [-0.15, -0.1) is 23.7 Å². The lowest BCUT2D eigenvalue weighted by Crippen LogP contribution is -2.01. The molecule has 0 saturated heterocycles. The minimum absolute atomic E-state index is 0. The van der Waals surface area contributed by atoms with Gasteiger partial charge in [-0.2, -0.15) is 0 Å². The number of hydrogen-bond acceptors (Lipinski definition) is 6. The normalized spacial score (nSPS) is 10.7. The summed E-state index contributed by atoms with van der Waals surface area (Å²) in [6.45, 7) is 4.38. The molecule has 154 valence electrons. The maximum absolute atomic E-state index is 11.6. The van der Waals surface area contributed by atoms with Gasteiger partial charge in [0.15, 0.2) is 0 Å². The molecule has 5 nitrogen and oxygen atoms in total. The summed E-state index contributed by atoms with van der Waals surface area (Å²) in [5.41, 5.74) is 4.90. The number of hydrogen-bond donors (Lipinski definition) is 1. The molecular formula is C23H22ClN3O2S. The van der Waals surface area contributed by atoms with Crippen molar-refractivity contribution >= 4 is 51.4 Å². The van der Waals surface area contributed by atoms with Gasteiger partial charge < -0.3 is 10.1 Å². The molecule has 2 heterocycles. The molecule has 0 atom stereocenters. The molecule has 0 unspecified atom stereocenters. The predicted octanol–water partition coefficient (Wildman–Crippen LogP) is 6.43. The zero-order chi connectivity index (χ0) is 20.4. The second-order valence-electron chi connectivity index (χ2n) is 7.02. The Balaban J connectivity index is 0.00000256. The number of fused-ring (bicyclic) bond motifs is 1. The summed E-state index contributed by atoms with van der Waals surface area (Å²) in [6, 6.07) is 15.8. The van der Waals surface area contributed by atoms with Crippen LogP contribution in [0.5, 0.6) is 0 Å². The van der Waals surface area contributed by atoms with E-state index in [2.05, 4.69) is 58.8 Å². The van der Waals surface area contributed by atoms with Crippen molar-refractivity contribution in [3.05, 3.63) is 71.4 Å². The van der Waals surface area contributed by atoms with Crippen molar-refractivity contribution in [1.29, 1.82) is 0 Å². The minimum atomic E-state index is -0.356. The average Bonchev–Trinajstić information content (AvgIpc) is 3.19. The van der Waals surface area contributed by atoms with Crippen LogP contribution in [0.25, 0.3) is 21.3 Å². The standard InChI is InChI=1S/C23H21N3O2S.ClH/c1-14(2)15-4-6-16(7-5-15)19-12-29-22-20(19)21(24-13-25-22)26-18-10-8-17(9-11-18)23(27)28-3;/h4-14H,1-3H3,(H,24,25,26);1H. The highest BCUT2D eigenvalue weighted by molar-refractivity contribution is 7.17. The summed E-state index contributed by atoms with van der Waals surface area (Å²) in [7, 11) is 1.37. The Morgan fingerprint density at radius 2 is 1.73 bits per heavy atom. The monoisotopic (exact) mass is 439 g/mol. The molecule has 0 spiro atoms. The SMILES string of the molecule is COC(=O)c1ccc(Nc2ncnc3scc(-c4ccc(C(C)C)cc4)c23)cc1.Cl. The van der Waals surface area contributed by atoms with Gasteiger partial charge in [0.05, 0.1) is 18.1 Å². The van der Waals surface area contributed by atoms with Gasteiger partial charge in [0, 0.05) is 16.6 Å². The summed E-state index contributed by atoms with van der Waals surface area (Å²) in [6.07, 6.45) is 1.57. The highest BCUT2D eigenvalue weighted by Gasteiger charge is 2.14. The molecule has 2 aromatic heterocycles. The highest BCUT2D eigenvalue weighted by atomic mass is 35.5. The molecule has 0 aliphatic carbocycles. The Morgan fingerprint density at radius 1 is 1.03 bits per heavy atom. The number of methoxy groups -OCH3 is 1. The van der Waals surface area contributed by atoms with E-state index in [0.717, 1.165) is 32.8 Å². The zero-order valence-corrected chi connectivity index (χ0v) is 18.5. The van der Waals surface area contributed by atoms with Crippen LogP contribution in [0.2, 0.25) is 0 Å². The van der Waals surface area contributed by atoms with Gasteiger partial charge in [-0.25, -0.2) is 14.8 Å². The third-order valence-electron chi connectivity index (χ3n) is 4.83. The molecule has 30 heavy (non-hydrogen) atoms. The van der Waals surface area contributed by atoms with Crippen LogP contribution in [-0.4, -0.2) is 23.0 Å². The van der Waals surface area contributed by atoms with Crippen molar-refractivity contribution in [2.75, 3.05) is 12.4 Å². The van der Waals surface area contributed by atoms with Crippen LogP contribution in [-0.2, 0) is 4.74 Å². The summed E-state index contributed by atoms with van der Waals surface area (Å²) < 4.78 is 4.75. The first kappa shape index (κ1) is 21.7. The molecule has 0 amide bonds. The lowest BCUT2D eigenvalue weighted by atomic mass is 9.99. The third-order valence-corrected chi connectivity index (χ3v) is 5.71. The van der Waals surface area contributed by atoms with Gasteiger partial charge in [-0.1, -0.05) is 38.1 Å². The number of carbonyl (C=O) groups is 1. The first-order valence-electron chi connectivity index (χ1n) is 9.34. The van der Waals surface area contributed by atoms with E-state index < -0.39 is 0 Å². The number of rotatable bonds is 5. The Morgan fingerprint density at radius 3 is 2.37 bits per heavy atom. The van der Waals surface area contributed by atoms with Crippen LogP contribution in [0.4, 0.5) is 11.5 Å². The molecule has 7 heteroatoms. The Labute approximate surface area is 185 Å². The molecule has 0 radical (unpaired) electrons. The van der Waals surface area contributed by atoms with E-state index in [0.29, 0.717) is 11.5 Å². The third kappa shape index (κ3) is 4.30. The van der Waals surface area contributed by atoms with Crippen molar-refractivity contribution in [3.8, 4) is 11.1 Å². The van der Waals surface area contributed by atoms with E-state index in [1.165, 1.54) is 12.7 Å². The molecule has 0 saturated carbocycles. The van der Waals surface area contributed by atoms with Gasteiger partial charge in [0.2, 0.25) is 0 Å². The van der Waals surface area contributed by atoms with Crippen molar-refractivity contribution in [2.24, 2.45) is 0 Å². The molecule has 0 aliphatic rings. The largest absolute Gasteiger partial charge is 0.465 e. The Bertz CT molecular complexity index is 1160. The number of thiophene rings is 1. The first-order chi connectivity index (χ1) is 14.1. The van der Waals surface area contributed by atoms with Crippen molar-refractivity contribution < 1.29 is 9.53 Å². The summed E-state index contributed by atoms with van der Waals surface area (Å²) in [4.78, 5) is 21.5. The number of benzene rings is 2. The quantitative estimate of drug-likeness (QED) is 0.363. The van der Waals surface area contributed by atoms with Crippen LogP contribution in [0.3, 0.4) is 0 Å². The molecule has 2 aromatic carbocycles. The number of aromatic nitrogens is 2. The fourth-order valence-corrected chi connectivity index (χ4v) is 4.09. The predicted molar refractivity (Wildman–Crippen MR) is 125 cm³/mol. The van der Waals surface area contributed by atoms with Crippen LogP contribution >= 0.6 is 23.7 Å². The van der Waals surface area contributed by atoms with E-state index in [9.17, 15) is 4.79 Å². The maximum Gasteiger partial charge on any atom is 0.337 e. The molecule has 1 N–H and O–H groups in total. The van der Waals surface area contributed by atoms with Gasteiger partial charge in [-0.3, -0.25) is 0 Å². The summed E-state index contributed by atoms with van der Waals surface area (Å²) in [5, 5.41) is 6.47. The maximum atomic E-state index is 11.6. The van der Waals surface area contributed by atoms with Crippen LogP contribution < -0.4 is 5.32 Å². The number of anilines is 2. The number of ether oxygens (including phenoxy) is 1. The average molecular weight is 440 g/mol. The molecular weight excluding hydrogens is 418 g/mol. The fourth-order valence-electron chi connectivity index (χ4n) is 3.17. The van der Waals surface area contributed by atoms with Crippen molar-refractivity contribution in [3.63, 3.8) is 0 Å². The molecule has 0 aliphatic heterocycles. The van der Waals surface area contributed by atoms with Gasteiger partial charge in [-0.05, 0) is 41.3 Å². The second-order valence-corrected chi connectivity index (χ2v) is 7.88. The van der Waals surface area contributed by atoms with E-state index in [4.69, 9.17) is 4.74 Å². The Kier molecular flexibility index (Phi) is 6.70. The number of carbonyl (C=O) groups excluding carboxylic acids is 1. The van der Waals surface area contributed by atoms with Gasteiger partial charge >= 0.3 is 5.97 Å². The van der Waals surface area contributed by atoms with E-state index in [-0.39, 0.29) is 18.4 Å². The van der Waals surface area contributed by atoms with Gasteiger partial charge in [0.25, 0.3) is 0 Å². The van der Waals surface area contributed by atoms with E-state index >= 15 is 0 Å². The topological polar surface area (TPSA) is 64.1 Å². The second kappa shape index (κ2) is 9.24. The Hall–Kier alpha value is -2.96. The van der Waals surface area contributed by atoms with Crippen LogP contribution in [0, 0.1) is 0 Å².